The van der Waals surface area contributed by atoms with E-state index in [0.717, 1.165) is 10.0 Å². The highest BCUT2D eigenvalue weighted by molar-refractivity contribution is 9.10. The Bertz CT molecular complexity index is 704. The Morgan fingerprint density at radius 3 is 2.52 bits per heavy atom. The molecular formula is C17H17BrClNO3. The summed E-state index contributed by atoms with van der Waals surface area (Å²) < 4.78 is 11.8. The molecule has 0 aliphatic heterocycles. The Balaban J connectivity index is 2.09. The van der Waals surface area contributed by atoms with Crippen LogP contribution in [0, 0.1) is 6.92 Å². The minimum atomic E-state index is -0.656. The molecule has 4 nitrogen and oxygen atoms in total. The monoisotopic (exact) mass is 397 g/mol. The number of anilines is 1. The van der Waals surface area contributed by atoms with Gasteiger partial charge in [-0.1, -0.05) is 27.5 Å². The minimum absolute atomic E-state index is 0.270. The highest BCUT2D eigenvalue weighted by Crippen LogP contribution is 2.31. The van der Waals surface area contributed by atoms with Gasteiger partial charge in [-0.2, -0.15) is 0 Å². The van der Waals surface area contributed by atoms with Crippen molar-refractivity contribution in [1.82, 2.24) is 0 Å². The Hall–Kier alpha value is -1.72. The van der Waals surface area contributed by atoms with Gasteiger partial charge in [-0.3, -0.25) is 4.79 Å². The predicted octanol–water partition coefficient (Wildman–Crippen LogP) is 4.83. The molecule has 2 aromatic carbocycles. The SMILES string of the molecule is COc1cc(Cl)c(C)cc1NC(=O)[C@@H](C)Oc1ccc(Br)cc1. The molecule has 0 aromatic heterocycles. The van der Waals surface area contributed by atoms with Gasteiger partial charge in [0.05, 0.1) is 12.8 Å². The highest BCUT2D eigenvalue weighted by atomic mass is 79.9. The summed E-state index contributed by atoms with van der Waals surface area (Å²) in [5.41, 5.74) is 1.41. The summed E-state index contributed by atoms with van der Waals surface area (Å²) >= 11 is 9.42. The molecule has 23 heavy (non-hydrogen) atoms. The molecule has 0 saturated carbocycles. The normalized spacial score (nSPS) is 11.7. The lowest BCUT2D eigenvalue weighted by molar-refractivity contribution is -0.122. The van der Waals surface area contributed by atoms with E-state index in [1.807, 2.05) is 19.1 Å². The van der Waals surface area contributed by atoms with Crippen molar-refractivity contribution < 1.29 is 14.3 Å². The van der Waals surface area contributed by atoms with E-state index in [4.69, 9.17) is 21.1 Å². The van der Waals surface area contributed by atoms with E-state index in [1.54, 1.807) is 31.2 Å². The highest BCUT2D eigenvalue weighted by Gasteiger charge is 2.17. The number of benzene rings is 2. The van der Waals surface area contributed by atoms with Gasteiger partial charge >= 0.3 is 0 Å². The third-order valence-electron chi connectivity index (χ3n) is 3.23. The van der Waals surface area contributed by atoms with E-state index < -0.39 is 6.10 Å². The first-order valence-corrected chi connectivity index (χ1v) is 8.15. The Labute approximate surface area is 148 Å². The number of nitrogens with one attached hydrogen (secondary N) is 1. The van der Waals surface area contributed by atoms with E-state index in [9.17, 15) is 4.79 Å². The number of carbonyl (C=O) groups is 1. The zero-order valence-electron chi connectivity index (χ0n) is 13.0. The largest absolute Gasteiger partial charge is 0.495 e. The van der Waals surface area contributed by atoms with Crippen LogP contribution < -0.4 is 14.8 Å². The van der Waals surface area contributed by atoms with E-state index in [-0.39, 0.29) is 5.91 Å². The molecule has 0 unspecified atom stereocenters. The van der Waals surface area contributed by atoms with Crippen LogP contribution in [0.2, 0.25) is 5.02 Å². The summed E-state index contributed by atoms with van der Waals surface area (Å²) in [6.07, 6.45) is -0.656. The van der Waals surface area contributed by atoms with Gasteiger partial charge in [0.25, 0.3) is 5.91 Å². The second-order valence-corrected chi connectivity index (χ2v) is 6.33. The lowest BCUT2D eigenvalue weighted by atomic mass is 10.2. The zero-order valence-corrected chi connectivity index (χ0v) is 15.4. The first kappa shape index (κ1) is 17.6. The van der Waals surface area contributed by atoms with Crippen LogP contribution in [0.4, 0.5) is 5.69 Å². The fourth-order valence-electron chi connectivity index (χ4n) is 1.93. The summed E-state index contributed by atoms with van der Waals surface area (Å²) in [5.74, 6) is 0.854. The average Bonchev–Trinajstić information content (AvgIpc) is 2.52. The Kier molecular flexibility index (Phi) is 5.91. The van der Waals surface area contributed by atoms with Crippen LogP contribution in [0.3, 0.4) is 0 Å². The van der Waals surface area contributed by atoms with Crippen molar-refractivity contribution in [2.45, 2.75) is 20.0 Å². The minimum Gasteiger partial charge on any atom is -0.495 e. The summed E-state index contributed by atoms with van der Waals surface area (Å²) in [6.45, 7) is 3.55. The number of halogens is 2. The van der Waals surface area contributed by atoms with Crippen molar-refractivity contribution in [2.24, 2.45) is 0 Å². The lowest BCUT2D eigenvalue weighted by Crippen LogP contribution is -2.30. The molecular weight excluding hydrogens is 382 g/mol. The number of rotatable bonds is 5. The van der Waals surface area contributed by atoms with Crippen molar-refractivity contribution in [3.63, 3.8) is 0 Å². The van der Waals surface area contributed by atoms with Crippen LogP contribution in [-0.2, 0) is 4.79 Å². The van der Waals surface area contributed by atoms with Gasteiger partial charge < -0.3 is 14.8 Å². The zero-order chi connectivity index (χ0) is 17.0. The average molecular weight is 399 g/mol. The molecule has 0 bridgehead atoms. The topological polar surface area (TPSA) is 47.6 Å². The molecule has 1 atom stereocenters. The molecule has 0 radical (unpaired) electrons. The van der Waals surface area contributed by atoms with E-state index in [2.05, 4.69) is 21.2 Å². The standard InChI is InChI=1S/C17H17BrClNO3/c1-10-8-15(16(22-3)9-14(10)19)20-17(21)11(2)23-13-6-4-12(18)5-7-13/h4-9,11H,1-3H3,(H,20,21)/t11-/m1/s1. The van der Waals surface area contributed by atoms with Gasteiger partial charge in [0.2, 0.25) is 0 Å². The van der Waals surface area contributed by atoms with Crippen molar-refractivity contribution in [3.05, 3.63) is 51.5 Å². The second kappa shape index (κ2) is 7.70. The fourth-order valence-corrected chi connectivity index (χ4v) is 2.35. The van der Waals surface area contributed by atoms with Crippen LogP contribution in [-0.4, -0.2) is 19.1 Å². The van der Waals surface area contributed by atoms with Crippen LogP contribution >= 0.6 is 27.5 Å². The van der Waals surface area contributed by atoms with Crippen molar-refractivity contribution >= 4 is 39.1 Å². The number of carbonyl (C=O) groups excluding carboxylic acids is 1. The van der Waals surface area contributed by atoms with Gasteiger partial charge in [-0.15, -0.1) is 0 Å². The van der Waals surface area contributed by atoms with E-state index in [1.165, 1.54) is 7.11 Å². The van der Waals surface area contributed by atoms with Crippen LogP contribution in [0.5, 0.6) is 11.5 Å². The molecule has 0 spiro atoms. The molecule has 2 rings (SSSR count). The first-order chi connectivity index (χ1) is 10.9. The molecule has 1 amide bonds. The number of hydrogen-bond donors (Lipinski definition) is 1. The van der Waals surface area contributed by atoms with E-state index in [0.29, 0.717) is 22.2 Å². The Morgan fingerprint density at radius 1 is 1.26 bits per heavy atom. The number of amides is 1. The first-order valence-electron chi connectivity index (χ1n) is 6.98. The number of aryl methyl sites for hydroxylation is 1. The predicted molar refractivity (Wildman–Crippen MR) is 95.6 cm³/mol. The maximum absolute atomic E-state index is 12.3. The molecule has 6 heteroatoms. The lowest BCUT2D eigenvalue weighted by Gasteiger charge is -2.17. The third-order valence-corrected chi connectivity index (χ3v) is 4.17. The molecule has 122 valence electrons. The smallest absolute Gasteiger partial charge is 0.265 e. The summed E-state index contributed by atoms with van der Waals surface area (Å²) in [6, 6.07) is 10.7. The molecule has 0 aliphatic rings. The van der Waals surface area contributed by atoms with Crippen molar-refractivity contribution in [1.29, 1.82) is 0 Å². The molecule has 2 aromatic rings. The summed E-state index contributed by atoms with van der Waals surface area (Å²) in [5, 5.41) is 3.39. The van der Waals surface area contributed by atoms with Gasteiger partial charge in [0.1, 0.15) is 11.5 Å². The molecule has 0 heterocycles. The van der Waals surface area contributed by atoms with Gasteiger partial charge in [0, 0.05) is 15.6 Å². The molecule has 0 saturated heterocycles. The van der Waals surface area contributed by atoms with Gasteiger partial charge in [-0.25, -0.2) is 0 Å². The molecule has 1 N–H and O–H groups in total. The van der Waals surface area contributed by atoms with Gasteiger partial charge in [-0.05, 0) is 49.7 Å². The van der Waals surface area contributed by atoms with Crippen LogP contribution in [0.1, 0.15) is 12.5 Å². The van der Waals surface area contributed by atoms with Crippen molar-refractivity contribution in [2.75, 3.05) is 12.4 Å². The van der Waals surface area contributed by atoms with E-state index >= 15 is 0 Å². The number of hydrogen-bond acceptors (Lipinski definition) is 3. The summed E-state index contributed by atoms with van der Waals surface area (Å²) in [7, 11) is 1.53. The fraction of sp³-hybridized carbons (Fsp3) is 0.235. The van der Waals surface area contributed by atoms with Crippen LogP contribution in [0.25, 0.3) is 0 Å². The maximum atomic E-state index is 12.3. The van der Waals surface area contributed by atoms with Crippen molar-refractivity contribution in [3.8, 4) is 11.5 Å². The number of methoxy groups -OCH3 is 1. The summed E-state index contributed by atoms with van der Waals surface area (Å²) in [4.78, 5) is 12.3. The van der Waals surface area contributed by atoms with Gasteiger partial charge in [0.15, 0.2) is 6.10 Å². The second-order valence-electron chi connectivity index (χ2n) is 5.00. The molecule has 0 fully saturated rings. The Morgan fingerprint density at radius 2 is 1.91 bits per heavy atom. The quantitative estimate of drug-likeness (QED) is 0.785. The third kappa shape index (κ3) is 4.62. The maximum Gasteiger partial charge on any atom is 0.265 e. The number of ether oxygens (including phenoxy) is 2. The van der Waals surface area contributed by atoms with Crippen LogP contribution in [0.15, 0.2) is 40.9 Å². The molecule has 0 aliphatic carbocycles.